The Kier molecular flexibility index (Phi) is 7.21. The Morgan fingerprint density at radius 3 is 2.42 bits per heavy atom. The van der Waals surface area contributed by atoms with E-state index in [0.29, 0.717) is 29.6 Å². The maximum absolute atomic E-state index is 12.1. The van der Waals surface area contributed by atoms with Crippen LogP contribution in [0.15, 0.2) is 42.5 Å². The van der Waals surface area contributed by atoms with E-state index in [0.717, 1.165) is 18.4 Å². The van der Waals surface area contributed by atoms with Gasteiger partial charge in [0.25, 0.3) is 5.91 Å². The number of hydrogen-bond acceptors (Lipinski definition) is 4. The molecule has 138 valence electrons. The number of carbonyl (C=O) groups is 2. The lowest BCUT2D eigenvalue weighted by Gasteiger charge is -2.13. The summed E-state index contributed by atoms with van der Waals surface area (Å²) in [5, 5.41) is 2.81. The molecule has 0 heterocycles. The van der Waals surface area contributed by atoms with E-state index in [4.69, 9.17) is 9.47 Å². The molecular formula is C21H25NO4. The van der Waals surface area contributed by atoms with E-state index in [1.165, 1.54) is 5.56 Å². The minimum atomic E-state index is -0.261. The fourth-order valence-corrected chi connectivity index (χ4v) is 2.46. The predicted molar refractivity (Wildman–Crippen MR) is 102 cm³/mol. The summed E-state index contributed by atoms with van der Waals surface area (Å²) < 4.78 is 11.0. The highest BCUT2D eigenvalue weighted by atomic mass is 16.5. The van der Waals surface area contributed by atoms with Crippen molar-refractivity contribution in [2.24, 2.45) is 0 Å². The monoisotopic (exact) mass is 355 g/mol. The van der Waals surface area contributed by atoms with Crippen LogP contribution in [0.5, 0.6) is 11.5 Å². The van der Waals surface area contributed by atoms with Crippen molar-refractivity contribution in [1.82, 2.24) is 0 Å². The topological polar surface area (TPSA) is 64.6 Å². The smallest absolute Gasteiger partial charge is 0.262 e. The van der Waals surface area contributed by atoms with Crippen LogP contribution in [0, 0.1) is 0 Å². The van der Waals surface area contributed by atoms with Gasteiger partial charge in [-0.1, -0.05) is 26.0 Å². The lowest BCUT2D eigenvalue weighted by Crippen LogP contribution is -2.20. The summed E-state index contributed by atoms with van der Waals surface area (Å²) in [7, 11) is 0. The summed E-state index contributed by atoms with van der Waals surface area (Å²) in [5.74, 6) is 1.11. The van der Waals surface area contributed by atoms with Crippen molar-refractivity contribution in [3.8, 4) is 11.5 Å². The molecule has 5 heteroatoms. The summed E-state index contributed by atoms with van der Waals surface area (Å²) in [6.45, 7) is 6.46. The summed E-state index contributed by atoms with van der Waals surface area (Å²) in [5.41, 5.74) is 2.47. The van der Waals surface area contributed by atoms with Crippen molar-refractivity contribution < 1.29 is 19.1 Å². The van der Waals surface area contributed by atoms with Gasteiger partial charge in [0.05, 0.1) is 6.61 Å². The van der Waals surface area contributed by atoms with Crippen LogP contribution in [0.2, 0.25) is 0 Å². The number of anilines is 1. The van der Waals surface area contributed by atoms with Gasteiger partial charge in [0.2, 0.25) is 0 Å². The maximum Gasteiger partial charge on any atom is 0.262 e. The molecule has 0 saturated carbocycles. The highest BCUT2D eigenvalue weighted by molar-refractivity contribution is 5.91. The van der Waals surface area contributed by atoms with Crippen molar-refractivity contribution in [2.75, 3.05) is 18.5 Å². The van der Waals surface area contributed by atoms with E-state index in [1.807, 2.05) is 31.2 Å². The summed E-state index contributed by atoms with van der Waals surface area (Å²) >= 11 is 0. The molecule has 0 aliphatic carbocycles. The average molecular weight is 355 g/mol. The molecule has 0 aliphatic rings. The molecule has 5 nitrogen and oxygen atoms in total. The first-order chi connectivity index (χ1) is 12.6. The molecule has 1 N–H and O–H groups in total. The molecule has 2 aromatic carbocycles. The first kappa shape index (κ1) is 19.5. The second-order valence-corrected chi connectivity index (χ2v) is 6.03. The fourth-order valence-electron chi connectivity index (χ4n) is 2.46. The summed E-state index contributed by atoms with van der Waals surface area (Å²) in [6, 6.07) is 12.7. The number of nitrogens with one attached hydrogen (secondary N) is 1. The van der Waals surface area contributed by atoms with Gasteiger partial charge in [-0.15, -0.1) is 0 Å². The van der Waals surface area contributed by atoms with Gasteiger partial charge >= 0.3 is 0 Å². The number of aldehydes is 1. The van der Waals surface area contributed by atoms with Gasteiger partial charge < -0.3 is 14.8 Å². The zero-order valence-electron chi connectivity index (χ0n) is 15.5. The zero-order chi connectivity index (χ0) is 18.9. The van der Waals surface area contributed by atoms with Crippen molar-refractivity contribution in [3.05, 3.63) is 53.6 Å². The minimum Gasteiger partial charge on any atom is -0.490 e. The van der Waals surface area contributed by atoms with Gasteiger partial charge in [-0.2, -0.15) is 0 Å². The molecule has 0 bridgehead atoms. The van der Waals surface area contributed by atoms with Gasteiger partial charge in [-0.05, 0) is 55.2 Å². The summed E-state index contributed by atoms with van der Waals surface area (Å²) in [4.78, 5) is 23.0. The van der Waals surface area contributed by atoms with Crippen LogP contribution in [0.4, 0.5) is 5.69 Å². The third kappa shape index (κ3) is 5.34. The van der Waals surface area contributed by atoms with Crippen molar-refractivity contribution in [3.63, 3.8) is 0 Å². The number of carbonyl (C=O) groups excluding carboxylic acids is 2. The van der Waals surface area contributed by atoms with E-state index in [1.54, 1.807) is 18.2 Å². The maximum atomic E-state index is 12.1. The lowest BCUT2D eigenvalue weighted by molar-refractivity contribution is -0.118. The molecule has 2 rings (SSSR count). The van der Waals surface area contributed by atoms with Crippen LogP contribution in [0.3, 0.4) is 0 Å². The fraction of sp³-hybridized carbons (Fsp3) is 0.333. The number of rotatable bonds is 9. The van der Waals surface area contributed by atoms with Crippen LogP contribution >= 0.6 is 0 Å². The third-order valence-electron chi connectivity index (χ3n) is 4.14. The number of ether oxygens (including phenoxy) is 2. The van der Waals surface area contributed by atoms with Gasteiger partial charge in [0.1, 0.15) is 6.29 Å². The second-order valence-electron chi connectivity index (χ2n) is 6.03. The first-order valence-electron chi connectivity index (χ1n) is 8.82. The Hall–Kier alpha value is -2.82. The molecule has 1 atom stereocenters. The Morgan fingerprint density at radius 2 is 1.81 bits per heavy atom. The van der Waals surface area contributed by atoms with Gasteiger partial charge in [-0.3, -0.25) is 9.59 Å². The van der Waals surface area contributed by atoms with Crippen molar-refractivity contribution in [1.29, 1.82) is 0 Å². The first-order valence-corrected chi connectivity index (χ1v) is 8.82. The van der Waals surface area contributed by atoms with Gasteiger partial charge in [0.15, 0.2) is 18.1 Å². The number of benzene rings is 2. The molecule has 2 aromatic rings. The van der Waals surface area contributed by atoms with E-state index >= 15 is 0 Å². The standard InChI is InChI=1S/C21H25NO4/c1-4-15(3)17-7-9-18(10-8-17)22-21(24)14-26-19-11-6-16(13-23)12-20(19)25-5-2/h6-13,15H,4-5,14H2,1-3H3,(H,22,24)/t15-/m1/s1. The molecule has 0 aliphatic heterocycles. The molecule has 0 unspecified atom stereocenters. The second kappa shape index (κ2) is 9.61. The lowest BCUT2D eigenvalue weighted by atomic mass is 9.99. The van der Waals surface area contributed by atoms with Gasteiger partial charge in [-0.25, -0.2) is 0 Å². The number of hydrogen-bond donors (Lipinski definition) is 1. The normalized spacial score (nSPS) is 11.5. The highest BCUT2D eigenvalue weighted by Crippen LogP contribution is 2.28. The predicted octanol–water partition coefficient (Wildman–Crippen LogP) is 4.43. The Bertz CT molecular complexity index is 740. The molecule has 0 spiro atoms. The third-order valence-corrected chi connectivity index (χ3v) is 4.14. The molecule has 0 aromatic heterocycles. The van der Waals surface area contributed by atoms with Crippen LogP contribution in [0.1, 0.15) is 49.0 Å². The molecule has 0 saturated heterocycles. The quantitative estimate of drug-likeness (QED) is 0.676. The number of amides is 1. The van der Waals surface area contributed by atoms with E-state index in [2.05, 4.69) is 19.2 Å². The van der Waals surface area contributed by atoms with E-state index in [9.17, 15) is 9.59 Å². The average Bonchev–Trinajstić information content (AvgIpc) is 2.67. The van der Waals surface area contributed by atoms with Gasteiger partial charge in [0, 0.05) is 11.3 Å². The molecular weight excluding hydrogens is 330 g/mol. The van der Waals surface area contributed by atoms with E-state index in [-0.39, 0.29) is 12.5 Å². The molecule has 0 radical (unpaired) electrons. The van der Waals surface area contributed by atoms with Crippen LogP contribution in [0.25, 0.3) is 0 Å². The van der Waals surface area contributed by atoms with Crippen LogP contribution in [-0.2, 0) is 4.79 Å². The summed E-state index contributed by atoms with van der Waals surface area (Å²) in [6.07, 6.45) is 1.81. The van der Waals surface area contributed by atoms with Crippen molar-refractivity contribution in [2.45, 2.75) is 33.1 Å². The Balaban J connectivity index is 1.95. The SMILES string of the molecule is CCOc1cc(C=O)ccc1OCC(=O)Nc1ccc([C@H](C)CC)cc1. The molecule has 0 fully saturated rings. The molecule has 1 amide bonds. The minimum absolute atomic E-state index is 0.145. The largest absolute Gasteiger partial charge is 0.490 e. The van der Waals surface area contributed by atoms with E-state index < -0.39 is 0 Å². The van der Waals surface area contributed by atoms with Crippen LogP contribution < -0.4 is 14.8 Å². The zero-order valence-corrected chi connectivity index (χ0v) is 15.5. The Morgan fingerprint density at radius 1 is 1.08 bits per heavy atom. The van der Waals surface area contributed by atoms with Crippen LogP contribution in [-0.4, -0.2) is 25.4 Å². The highest BCUT2D eigenvalue weighted by Gasteiger charge is 2.10. The Labute approximate surface area is 154 Å². The van der Waals surface area contributed by atoms with Crippen molar-refractivity contribution >= 4 is 17.9 Å². The molecule has 26 heavy (non-hydrogen) atoms.